The molecule has 0 atom stereocenters. The molecular weight excluding hydrogens is 199 g/mol. The van der Waals surface area contributed by atoms with Crippen molar-refractivity contribution in [3.63, 3.8) is 0 Å². The smallest absolute Gasteiger partial charge is 0.422 e. The maximum Gasteiger partial charge on any atom is 0.429 e. The van der Waals surface area contributed by atoms with Crippen LogP contribution in [0.4, 0.5) is 0 Å². The third-order valence-corrected chi connectivity index (χ3v) is 3.42. The van der Waals surface area contributed by atoms with E-state index in [4.69, 9.17) is 9.05 Å². The molecule has 0 aliphatic heterocycles. The van der Waals surface area contributed by atoms with E-state index < -0.39 is 7.60 Å². The van der Waals surface area contributed by atoms with Gasteiger partial charge in [-0.1, -0.05) is 26.5 Å². The van der Waals surface area contributed by atoms with E-state index in [-0.39, 0.29) is 0 Å². The van der Waals surface area contributed by atoms with E-state index >= 15 is 0 Å². The van der Waals surface area contributed by atoms with Gasteiger partial charge in [0.25, 0.3) is 0 Å². The second kappa shape index (κ2) is 5.92. The van der Waals surface area contributed by atoms with Gasteiger partial charge in [0.2, 0.25) is 0 Å². The SMILES string of the molecule is C=C(C)OP(=O)(CCCC)OC(=C)C. The fourth-order valence-electron chi connectivity index (χ4n) is 0.937. The molecule has 0 amide bonds. The van der Waals surface area contributed by atoms with Gasteiger partial charge in [-0.05, 0) is 20.3 Å². The zero-order chi connectivity index (χ0) is 11.2. The molecule has 0 spiro atoms. The van der Waals surface area contributed by atoms with E-state index in [0.717, 1.165) is 12.8 Å². The Kier molecular flexibility index (Phi) is 5.63. The van der Waals surface area contributed by atoms with Crippen LogP contribution in [0, 0.1) is 0 Å². The second-order valence-electron chi connectivity index (χ2n) is 3.27. The van der Waals surface area contributed by atoms with E-state index in [1.165, 1.54) is 0 Å². The highest BCUT2D eigenvalue weighted by Crippen LogP contribution is 2.52. The minimum Gasteiger partial charge on any atom is -0.422 e. The molecule has 0 rings (SSSR count). The average Bonchev–Trinajstić information content (AvgIpc) is 1.97. The first-order valence-corrected chi connectivity index (χ1v) is 6.41. The summed E-state index contributed by atoms with van der Waals surface area (Å²) >= 11 is 0. The van der Waals surface area contributed by atoms with E-state index in [0.29, 0.717) is 17.7 Å². The topological polar surface area (TPSA) is 35.5 Å². The van der Waals surface area contributed by atoms with Gasteiger partial charge in [0, 0.05) is 0 Å². The van der Waals surface area contributed by atoms with Gasteiger partial charge in [0.1, 0.15) is 0 Å². The average molecular weight is 218 g/mol. The number of hydrogen-bond acceptors (Lipinski definition) is 3. The molecule has 0 aliphatic carbocycles. The first-order chi connectivity index (χ1) is 6.39. The van der Waals surface area contributed by atoms with Crippen LogP contribution in [0.5, 0.6) is 0 Å². The zero-order valence-electron chi connectivity index (χ0n) is 9.21. The minimum absolute atomic E-state index is 0.406. The lowest BCUT2D eigenvalue weighted by molar-refractivity contribution is 0.291. The maximum absolute atomic E-state index is 12.0. The quantitative estimate of drug-likeness (QED) is 0.477. The molecule has 0 saturated carbocycles. The van der Waals surface area contributed by atoms with Gasteiger partial charge >= 0.3 is 7.60 Å². The Morgan fingerprint density at radius 2 is 1.64 bits per heavy atom. The summed E-state index contributed by atoms with van der Waals surface area (Å²) in [5.74, 6) is 0.816. The monoisotopic (exact) mass is 218 g/mol. The predicted molar refractivity (Wildman–Crippen MR) is 59.2 cm³/mol. The third-order valence-electron chi connectivity index (χ3n) is 1.38. The molecule has 0 unspecified atom stereocenters. The van der Waals surface area contributed by atoms with Crippen molar-refractivity contribution in [1.29, 1.82) is 0 Å². The molecule has 0 fully saturated rings. The summed E-state index contributed by atoms with van der Waals surface area (Å²) in [6.45, 7) is 12.4. The maximum atomic E-state index is 12.0. The van der Waals surface area contributed by atoms with E-state index in [9.17, 15) is 4.57 Å². The number of allylic oxidation sites excluding steroid dienone is 2. The summed E-state index contributed by atoms with van der Waals surface area (Å²) in [4.78, 5) is 0. The fraction of sp³-hybridized carbons (Fsp3) is 0.600. The zero-order valence-corrected chi connectivity index (χ0v) is 10.1. The van der Waals surface area contributed by atoms with Gasteiger partial charge < -0.3 is 9.05 Å². The number of unbranched alkanes of at least 4 members (excludes halogenated alkanes) is 1. The summed E-state index contributed by atoms with van der Waals surface area (Å²) in [7, 11) is -3.05. The van der Waals surface area contributed by atoms with E-state index in [2.05, 4.69) is 13.2 Å². The molecule has 0 aromatic heterocycles. The van der Waals surface area contributed by atoms with Crippen LogP contribution < -0.4 is 0 Å². The molecular formula is C10H19O3P. The predicted octanol–water partition coefficient (Wildman–Crippen LogP) is 4.08. The summed E-state index contributed by atoms with van der Waals surface area (Å²) in [5.41, 5.74) is 0. The van der Waals surface area contributed by atoms with E-state index in [1.54, 1.807) is 13.8 Å². The van der Waals surface area contributed by atoms with Crippen molar-refractivity contribution in [2.24, 2.45) is 0 Å². The third kappa shape index (κ3) is 5.87. The van der Waals surface area contributed by atoms with Crippen LogP contribution in [0.1, 0.15) is 33.6 Å². The molecule has 0 bridgehead atoms. The number of hydrogen-bond donors (Lipinski definition) is 0. The van der Waals surface area contributed by atoms with Crippen LogP contribution in [0.25, 0.3) is 0 Å². The summed E-state index contributed by atoms with van der Waals surface area (Å²) < 4.78 is 22.3. The fourth-order valence-corrected chi connectivity index (χ4v) is 2.81. The summed E-state index contributed by atoms with van der Waals surface area (Å²) in [6.07, 6.45) is 2.16. The molecule has 0 radical (unpaired) electrons. The molecule has 0 saturated heterocycles. The Balaban J connectivity index is 4.41. The molecule has 3 nitrogen and oxygen atoms in total. The van der Waals surface area contributed by atoms with Crippen LogP contribution >= 0.6 is 7.60 Å². The Morgan fingerprint density at radius 1 is 1.21 bits per heavy atom. The lowest BCUT2D eigenvalue weighted by Gasteiger charge is -2.19. The first-order valence-electron chi connectivity index (χ1n) is 4.69. The lowest BCUT2D eigenvalue weighted by Crippen LogP contribution is -1.97. The largest absolute Gasteiger partial charge is 0.429 e. The van der Waals surface area contributed by atoms with Crippen LogP contribution in [0.15, 0.2) is 24.7 Å². The van der Waals surface area contributed by atoms with Crippen molar-refractivity contribution in [1.82, 2.24) is 0 Å². The molecule has 0 heterocycles. The van der Waals surface area contributed by atoms with Gasteiger partial charge in [-0.25, -0.2) is 4.57 Å². The van der Waals surface area contributed by atoms with Gasteiger partial charge in [-0.2, -0.15) is 0 Å². The second-order valence-corrected chi connectivity index (χ2v) is 5.31. The van der Waals surface area contributed by atoms with Gasteiger partial charge in [0.15, 0.2) is 0 Å². The Hall–Kier alpha value is -0.690. The van der Waals surface area contributed by atoms with Crippen LogP contribution in [-0.2, 0) is 13.6 Å². The highest BCUT2D eigenvalue weighted by molar-refractivity contribution is 7.54. The summed E-state index contributed by atoms with van der Waals surface area (Å²) in [5, 5.41) is 0. The molecule has 0 N–H and O–H groups in total. The van der Waals surface area contributed by atoms with Gasteiger partial charge in [-0.15, -0.1) is 0 Å². The van der Waals surface area contributed by atoms with Crippen molar-refractivity contribution < 1.29 is 13.6 Å². The lowest BCUT2D eigenvalue weighted by atomic mass is 10.4. The molecule has 14 heavy (non-hydrogen) atoms. The summed E-state index contributed by atoms with van der Waals surface area (Å²) in [6, 6.07) is 0. The Morgan fingerprint density at radius 3 is 1.93 bits per heavy atom. The van der Waals surface area contributed by atoms with Crippen LogP contribution in [0.2, 0.25) is 0 Å². The van der Waals surface area contributed by atoms with Crippen LogP contribution in [0.3, 0.4) is 0 Å². The normalized spacial score (nSPS) is 10.8. The molecule has 0 aromatic rings. The molecule has 0 aromatic carbocycles. The molecule has 0 aliphatic rings. The van der Waals surface area contributed by atoms with Gasteiger partial charge in [-0.3, -0.25) is 0 Å². The van der Waals surface area contributed by atoms with Crippen molar-refractivity contribution in [3.05, 3.63) is 24.7 Å². The van der Waals surface area contributed by atoms with E-state index in [1.807, 2.05) is 6.92 Å². The van der Waals surface area contributed by atoms with Gasteiger partial charge in [0.05, 0.1) is 17.7 Å². The number of rotatable bonds is 7. The highest BCUT2D eigenvalue weighted by Gasteiger charge is 2.26. The first kappa shape index (κ1) is 13.3. The highest BCUT2D eigenvalue weighted by atomic mass is 31.2. The van der Waals surface area contributed by atoms with Crippen LogP contribution in [-0.4, -0.2) is 6.16 Å². The van der Waals surface area contributed by atoms with Crippen molar-refractivity contribution in [2.75, 3.05) is 6.16 Å². The minimum atomic E-state index is -3.05. The Bertz CT molecular complexity index is 238. The Labute approximate surface area is 86.3 Å². The standard InChI is InChI=1S/C10H19O3P/c1-6-7-8-14(11,12-9(2)3)13-10(4)5/h2,4,6-8H2,1,3,5H3. The molecule has 4 heteroatoms. The van der Waals surface area contributed by atoms with Crippen molar-refractivity contribution >= 4 is 7.60 Å². The van der Waals surface area contributed by atoms with Crippen molar-refractivity contribution in [3.8, 4) is 0 Å². The molecule has 82 valence electrons. The van der Waals surface area contributed by atoms with Crippen molar-refractivity contribution in [2.45, 2.75) is 33.6 Å².